The van der Waals surface area contributed by atoms with Gasteiger partial charge in [-0.15, -0.1) is 0 Å². The molecule has 1 aromatic carbocycles. The second-order valence-corrected chi connectivity index (χ2v) is 4.70. The summed E-state index contributed by atoms with van der Waals surface area (Å²) in [4.78, 5) is 14.9. The van der Waals surface area contributed by atoms with Crippen molar-refractivity contribution in [2.24, 2.45) is 0 Å². The Morgan fingerprint density at radius 3 is 2.78 bits per heavy atom. The van der Waals surface area contributed by atoms with Crippen LogP contribution in [0.2, 0.25) is 0 Å². The molecule has 0 fully saturated rings. The molecule has 18 heavy (non-hydrogen) atoms. The summed E-state index contributed by atoms with van der Waals surface area (Å²) < 4.78 is 0.907. The van der Waals surface area contributed by atoms with Crippen LogP contribution in [0.3, 0.4) is 0 Å². The lowest BCUT2D eigenvalue weighted by molar-refractivity contribution is 0.0697. The molecule has 0 saturated heterocycles. The Morgan fingerprint density at radius 1 is 1.33 bits per heavy atom. The van der Waals surface area contributed by atoms with E-state index in [-0.39, 0.29) is 5.56 Å². The van der Waals surface area contributed by atoms with E-state index in [1.54, 1.807) is 0 Å². The molecule has 2 rings (SSSR count). The summed E-state index contributed by atoms with van der Waals surface area (Å²) in [6.07, 6.45) is 1.47. The minimum absolute atomic E-state index is 0.204. The van der Waals surface area contributed by atoms with E-state index in [1.807, 2.05) is 25.1 Å². The average Bonchev–Trinajstić information content (AvgIpc) is 2.33. The van der Waals surface area contributed by atoms with Gasteiger partial charge in [-0.1, -0.05) is 6.07 Å². The first-order valence-electron chi connectivity index (χ1n) is 5.29. The van der Waals surface area contributed by atoms with Crippen LogP contribution in [-0.4, -0.2) is 16.1 Å². The summed E-state index contributed by atoms with van der Waals surface area (Å²) in [6, 6.07) is 8.80. The molecule has 0 saturated carbocycles. The molecular formula is C13H11BrN2O2. The molecule has 1 aromatic heterocycles. The van der Waals surface area contributed by atoms with Gasteiger partial charge in [-0.2, -0.15) is 0 Å². The number of anilines is 2. The van der Waals surface area contributed by atoms with Gasteiger partial charge in [-0.05, 0) is 52.7 Å². The van der Waals surface area contributed by atoms with Gasteiger partial charge >= 0.3 is 5.97 Å². The van der Waals surface area contributed by atoms with Crippen molar-refractivity contribution in [3.8, 4) is 0 Å². The summed E-state index contributed by atoms with van der Waals surface area (Å²) in [7, 11) is 0. The van der Waals surface area contributed by atoms with Gasteiger partial charge in [-0.3, -0.25) is 0 Å². The van der Waals surface area contributed by atoms with Gasteiger partial charge in [0.2, 0.25) is 0 Å². The predicted octanol–water partition coefficient (Wildman–Crippen LogP) is 3.59. The van der Waals surface area contributed by atoms with Crippen molar-refractivity contribution < 1.29 is 9.90 Å². The number of hydrogen-bond acceptors (Lipinski definition) is 3. The average molecular weight is 307 g/mol. The second-order valence-electron chi connectivity index (χ2n) is 3.84. The number of hydrogen-bond donors (Lipinski definition) is 2. The highest BCUT2D eigenvalue weighted by Crippen LogP contribution is 2.26. The van der Waals surface area contributed by atoms with Crippen molar-refractivity contribution in [1.29, 1.82) is 0 Å². The Bertz CT molecular complexity index is 599. The van der Waals surface area contributed by atoms with Crippen molar-refractivity contribution in [2.45, 2.75) is 6.92 Å². The van der Waals surface area contributed by atoms with E-state index >= 15 is 0 Å². The molecule has 0 aliphatic rings. The normalized spacial score (nSPS) is 10.1. The third kappa shape index (κ3) is 2.87. The topological polar surface area (TPSA) is 62.2 Å². The first-order valence-corrected chi connectivity index (χ1v) is 6.08. The van der Waals surface area contributed by atoms with Crippen LogP contribution in [0, 0.1) is 6.92 Å². The number of rotatable bonds is 3. The summed E-state index contributed by atoms with van der Waals surface area (Å²) in [5, 5.41) is 12.0. The number of aromatic nitrogens is 1. The fourth-order valence-corrected chi connectivity index (χ4v) is 2.08. The molecule has 4 nitrogen and oxygen atoms in total. The van der Waals surface area contributed by atoms with Crippen LogP contribution in [0.1, 0.15) is 15.9 Å². The predicted molar refractivity (Wildman–Crippen MR) is 73.4 cm³/mol. The van der Waals surface area contributed by atoms with E-state index in [9.17, 15) is 4.79 Å². The van der Waals surface area contributed by atoms with Gasteiger partial charge in [0.15, 0.2) is 0 Å². The van der Waals surface area contributed by atoms with Crippen molar-refractivity contribution >= 4 is 33.4 Å². The van der Waals surface area contributed by atoms with E-state index in [4.69, 9.17) is 5.11 Å². The molecule has 0 unspecified atom stereocenters. The molecule has 0 spiro atoms. The minimum atomic E-state index is -0.969. The van der Waals surface area contributed by atoms with Crippen LogP contribution in [-0.2, 0) is 0 Å². The third-order valence-corrected chi connectivity index (χ3v) is 3.05. The number of carboxylic acid groups (broad SMARTS) is 1. The van der Waals surface area contributed by atoms with E-state index in [2.05, 4.69) is 26.2 Å². The molecule has 0 aliphatic carbocycles. The van der Waals surface area contributed by atoms with Gasteiger partial charge < -0.3 is 10.4 Å². The van der Waals surface area contributed by atoms with Crippen LogP contribution in [0.5, 0.6) is 0 Å². The number of nitrogens with one attached hydrogen (secondary N) is 1. The lowest BCUT2D eigenvalue weighted by atomic mass is 10.2. The largest absolute Gasteiger partial charge is 0.478 e. The Kier molecular flexibility index (Phi) is 3.62. The van der Waals surface area contributed by atoms with Crippen LogP contribution in [0.25, 0.3) is 0 Å². The SMILES string of the molecule is Cc1ccc(Nc2cc(C(=O)O)ccn2)c(Br)c1. The van der Waals surface area contributed by atoms with Gasteiger partial charge in [0.25, 0.3) is 0 Å². The summed E-state index contributed by atoms with van der Waals surface area (Å²) in [5.41, 5.74) is 2.19. The number of aryl methyl sites for hydroxylation is 1. The Balaban J connectivity index is 2.28. The zero-order valence-corrected chi connectivity index (χ0v) is 11.2. The van der Waals surface area contributed by atoms with Crippen LogP contribution in [0.4, 0.5) is 11.5 Å². The van der Waals surface area contributed by atoms with Crippen molar-refractivity contribution in [3.05, 3.63) is 52.1 Å². The molecule has 2 aromatic rings. The molecule has 0 aliphatic heterocycles. The Hall–Kier alpha value is -1.88. The molecule has 2 N–H and O–H groups in total. The number of aromatic carboxylic acids is 1. The molecule has 0 amide bonds. The smallest absolute Gasteiger partial charge is 0.335 e. The van der Waals surface area contributed by atoms with Gasteiger partial charge in [-0.25, -0.2) is 9.78 Å². The van der Waals surface area contributed by atoms with Crippen molar-refractivity contribution in [2.75, 3.05) is 5.32 Å². The van der Waals surface area contributed by atoms with Crippen molar-refractivity contribution in [1.82, 2.24) is 4.98 Å². The highest BCUT2D eigenvalue weighted by molar-refractivity contribution is 9.10. The minimum Gasteiger partial charge on any atom is -0.478 e. The molecule has 1 heterocycles. The lowest BCUT2D eigenvalue weighted by Gasteiger charge is -2.08. The zero-order valence-electron chi connectivity index (χ0n) is 9.64. The maximum absolute atomic E-state index is 10.9. The fourth-order valence-electron chi connectivity index (χ4n) is 1.49. The van der Waals surface area contributed by atoms with Crippen molar-refractivity contribution in [3.63, 3.8) is 0 Å². The summed E-state index contributed by atoms with van der Waals surface area (Å²) in [6.45, 7) is 2.00. The summed E-state index contributed by atoms with van der Waals surface area (Å²) in [5.74, 6) is -0.470. The quantitative estimate of drug-likeness (QED) is 0.909. The maximum Gasteiger partial charge on any atom is 0.335 e. The van der Waals surface area contributed by atoms with E-state index in [0.29, 0.717) is 5.82 Å². The number of carbonyl (C=O) groups is 1. The van der Waals surface area contributed by atoms with Gasteiger partial charge in [0, 0.05) is 10.7 Å². The molecule has 5 heteroatoms. The van der Waals surface area contributed by atoms with Gasteiger partial charge in [0.1, 0.15) is 5.82 Å². The number of pyridine rings is 1. The highest BCUT2D eigenvalue weighted by Gasteiger charge is 2.06. The van der Waals surface area contributed by atoms with E-state index < -0.39 is 5.97 Å². The highest BCUT2D eigenvalue weighted by atomic mass is 79.9. The summed E-state index contributed by atoms with van der Waals surface area (Å²) >= 11 is 3.45. The Labute approximate surface area is 113 Å². The first kappa shape index (κ1) is 12.6. The zero-order chi connectivity index (χ0) is 13.1. The monoisotopic (exact) mass is 306 g/mol. The van der Waals surface area contributed by atoms with Gasteiger partial charge in [0.05, 0.1) is 11.3 Å². The Morgan fingerprint density at radius 2 is 2.11 bits per heavy atom. The third-order valence-electron chi connectivity index (χ3n) is 2.39. The molecule has 0 bridgehead atoms. The van der Waals surface area contributed by atoms with Crippen LogP contribution in [0.15, 0.2) is 41.0 Å². The maximum atomic E-state index is 10.9. The number of nitrogens with zero attached hydrogens (tertiary/aromatic N) is 1. The number of halogens is 1. The standard InChI is InChI=1S/C13H11BrN2O2/c1-8-2-3-11(10(14)6-8)16-12-7-9(13(17)18)4-5-15-12/h2-7H,1H3,(H,15,16)(H,17,18). The molecule has 92 valence electrons. The van der Waals surface area contributed by atoms with Crippen LogP contribution < -0.4 is 5.32 Å². The lowest BCUT2D eigenvalue weighted by Crippen LogP contribution is -2.00. The molecule has 0 atom stereocenters. The number of carboxylic acids is 1. The van der Waals surface area contributed by atoms with Crippen LogP contribution >= 0.6 is 15.9 Å². The fraction of sp³-hybridized carbons (Fsp3) is 0.0769. The van der Waals surface area contributed by atoms with E-state index in [1.165, 1.54) is 18.3 Å². The second kappa shape index (κ2) is 5.18. The molecule has 0 radical (unpaired) electrons. The first-order chi connectivity index (χ1) is 8.56. The van der Waals surface area contributed by atoms with E-state index in [0.717, 1.165) is 15.7 Å². The molecular weight excluding hydrogens is 296 g/mol. The number of benzene rings is 1.